The summed E-state index contributed by atoms with van der Waals surface area (Å²) in [6.07, 6.45) is -8.96. The molecular formula is C27H25F6N3O2. The number of nitrogens with zero attached hydrogens (tertiary/aromatic N) is 2. The van der Waals surface area contributed by atoms with Crippen molar-refractivity contribution in [2.75, 3.05) is 12.0 Å². The Balaban J connectivity index is 1.69. The molecule has 202 valence electrons. The van der Waals surface area contributed by atoms with Crippen LogP contribution in [0.2, 0.25) is 0 Å². The van der Waals surface area contributed by atoms with Crippen LogP contribution in [-0.4, -0.2) is 24.0 Å². The summed E-state index contributed by atoms with van der Waals surface area (Å²) in [5, 5.41) is 3.13. The first kappa shape index (κ1) is 27.4. The number of anilines is 1. The fourth-order valence-electron chi connectivity index (χ4n) is 4.57. The lowest BCUT2D eigenvalue weighted by molar-refractivity contribution is -0.141. The highest BCUT2D eigenvalue weighted by molar-refractivity contribution is 6.00. The summed E-state index contributed by atoms with van der Waals surface area (Å²) in [5.74, 6) is 0.102. The first-order valence-corrected chi connectivity index (χ1v) is 11.7. The molecule has 3 aromatic rings. The molecule has 4 rings (SSSR count). The zero-order valence-corrected chi connectivity index (χ0v) is 20.7. The second-order valence-corrected chi connectivity index (χ2v) is 9.51. The van der Waals surface area contributed by atoms with E-state index in [2.05, 4.69) is 10.3 Å². The van der Waals surface area contributed by atoms with Crippen LogP contribution in [-0.2, 0) is 22.7 Å². The van der Waals surface area contributed by atoms with Gasteiger partial charge >= 0.3 is 12.4 Å². The summed E-state index contributed by atoms with van der Waals surface area (Å²) in [6, 6.07) is 13.4. The molecule has 2 atom stereocenters. The number of pyridine rings is 1. The summed E-state index contributed by atoms with van der Waals surface area (Å²) < 4.78 is 84.4. The number of carbonyl (C=O) groups is 1. The number of carbonyl (C=O) groups excluding carboxylic acids is 1. The molecule has 38 heavy (non-hydrogen) atoms. The molecule has 0 radical (unpaired) electrons. The zero-order valence-electron chi connectivity index (χ0n) is 20.7. The van der Waals surface area contributed by atoms with Crippen LogP contribution in [0.25, 0.3) is 0 Å². The van der Waals surface area contributed by atoms with Gasteiger partial charge in [0.15, 0.2) is 0 Å². The first-order valence-electron chi connectivity index (χ1n) is 11.7. The Bertz CT molecular complexity index is 1310. The van der Waals surface area contributed by atoms with E-state index < -0.39 is 47.1 Å². The highest BCUT2D eigenvalue weighted by Gasteiger charge is 2.44. The summed E-state index contributed by atoms with van der Waals surface area (Å²) in [4.78, 5) is 18.8. The third kappa shape index (κ3) is 5.62. The molecule has 1 amide bonds. The van der Waals surface area contributed by atoms with Crippen molar-refractivity contribution in [3.63, 3.8) is 0 Å². The molecule has 2 unspecified atom stereocenters. The Labute approximate surface area is 215 Å². The van der Waals surface area contributed by atoms with Crippen LogP contribution in [0.1, 0.15) is 48.8 Å². The van der Waals surface area contributed by atoms with E-state index >= 15 is 0 Å². The molecule has 0 spiro atoms. The number of methoxy groups -OCH3 is 1. The van der Waals surface area contributed by atoms with Crippen molar-refractivity contribution in [1.82, 2.24) is 10.3 Å². The van der Waals surface area contributed by atoms with Gasteiger partial charge in [-0.05, 0) is 74.4 Å². The summed E-state index contributed by atoms with van der Waals surface area (Å²) in [5.41, 5.74) is -2.00. The van der Waals surface area contributed by atoms with E-state index in [0.717, 1.165) is 18.2 Å². The fourth-order valence-corrected chi connectivity index (χ4v) is 4.57. The molecule has 2 heterocycles. The van der Waals surface area contributed by atoms with Gasteiger partial charge in [0.2, 0.25) is 5.91 Å². The average Bonchev–Trinajstić information content (AvgIpc) is 3.18. The number of ether oxygens (including phenoxy) is 1. The lowest BCUT2D eigenvalue weighted by Crippen LogP contribution is -2.48. The molecule has 1 fully saturated rings. The maximum Gasteiger partial charge on any atom is 0.433 e. The van der Waals surface area contributed by atoms with Crippen molar-refractivity contribution in [3.8, 4) is 5.75 Å². The van der Waals surface area contributed by atoms with Crippen LogP contribution in [0.3, 0.4) is 0 Å². The van der Waals surface area contributed by atoms with Gasteiger partial charge in [0.25, 0.3) is 0 Å². The predicted octanol–water partition coefficient (Wildman–Crippen LogP) is 6.50. The Kier molecular flexibility index (Phi) is 7.17. The maximum absolute atomic E-state index is 13.7. The Hall–Kier alpha value is -3.60. The third-order valence-electron chi connectivity index (χ3n) is 6.47. The highest BCUT2D eigenvalue weighted by atomic mass is 19.4. The summed E-state index contributed by atoms with van der Waals surface area (Å²) in [6.45, 7) is 3.23. The van der Waals surface area contributed by atoms with E-state index in [0.29, 0.717) is 11.3 Å². The molecule has 0 bridgehead atoms. The van der Waals surface area contributed by atoms with E-state index in [4.69, 9.17) is 4.74 Å². The Morgan fingerprint density at radius 1 is 0.895 bits per heavy atom. The van der Waals surface area contributed by atoms with Crippen LogP contribution in [0.15, 0.2) is 66.7 Å². The first-order chi connectivity index (χ1) is 17.7. The second-order valence-electron chi connectivity index (χ2n) is 9.51. The van der Waals surface area contributed by atoms with Gasteiger partial charge in [0.05, 0.1) is 36.0 Å². The van der Waals surface area contributed by atoms with Gasteiger partial charge in [-0.3, -0.25) is 10.1 Å². The molecule has 1 saturated heterocycles. The number of alkyl halides is 6. The van der Waals surface area contributed by atoms with Gasteiger partial charge in [0.1, 0.15) is 11.4 Å². The zero-order chi connectivity index (χ0) is 27.9. The minimum Gasteiger partial charge on any atom is -0.497 e. The van der Waals surface area contributed by atoms with Crippen molar-refractivity contribution in [2.45, 2.75) is 50.2 Å². The largest absolute Gasteiger partial charge is 0.497 e. The molecular weight excluding hydrogens is 512 g/mol. The monoisotopic (exact) mass is 537 g/mol. The number of aromatic nitrogens is 1. The quantitative estimate of drug-likeness (QED) is 0.365. The SMILES string of the molecule is COc1cccc(C2CC(NC(C)(C)c3cccc(C(F)(F)F)n3)C(=O)N2c2ccc(C(F)(F)F)cc2)c1. The molecule has 11 heteroatoms. The van der Waals surface area contributed by atoms with Gasteiger partial charge in [-0.2, -0.15) is 26.3 Å². The Morgan fingerprint density at radius 3 is 2.13 bits per heavy atom. The number of halogens is 6. The predicted molar refractivity (Wildman–Crippen MR) is 128 cm³/mol. The summed E-state index contributed by atoms with van der Waals surface area (Å²) in [7, 11) is 1.49. The van der Waals surface area contributed by atoms with E-state index in [1.807, 2.05) is 0 Å². The number of hydrogen-bond acceptors (Lipinski definition) is 4. The number of rotatable bonds is 6. The van der Waals surface area contributed by atoms with Gasteiger partial charge < -0.3 is 9.64 Å². The van der Waals surface area contributed by atoms with Crippen molar-refractivity contribution < 1.29 is 35.9 Å². The molecule has 1 aromatic heterocycles. The van der Waals surface area contributed by atoms with E-state index in [9.17, 15) is 31.1 Å². The van der Waals surface area contributed by atoms with Gasteiger partial charge in [0, 0.05) is 5.69 Å². The standard InChI is InChI=1S/C27H25F6N3O2/c1-25(2,22-8-5-9-23(34-22)27(31,32)33)35-20-15-21(16-6-4-7-19(14-16)38-3)36(24(20)37)18-12-10-17(11-13-18)26(28,29)30/h4-14,20-21,35H,15H2,1-3H3. The minimum absolute atomic E-state index is 0.0889. The molecule has 1 aliphatic rings. The van der Waals surface area contributed by atoms with Crippen molar-refractivity contribution in [2.24, 2.45) is 0 Å². The van der Waals surface area contributed by atoms with Crippen molar-refractivity contribution in [1.29, 1.82) is 0 Å². The maximum atomic E-state index is 13.7. The topological polar surface area (TPSA) is 54.5 Å². The molecule has 0 saturated carbocycles. The van der Waals surface area contributed by atoms with Crippen LogP contribution in [0, 0.1) is 0 Å². The smallest absolute Gasteiger partial charge is 0.433 e. The van der Waals surface area contributed by atoms with Gasteiger partial charge in [-0.15, -0.1) is 0 Å². The lowest BCUT2D eigenvalue weighted by atomic mass is 9.96. The van der Waals surface area contributed by atoms with E-state index in [-0.39, 0.29) is 17.8 Å². The van der Waals surface area contributed by atoms with Crippen LogP contribution >= 0.6 is 0 Å². The average molecular weight is 538 g/mol. The number of amides is 1. The van der Waals surface area contributed by atoms with Gasteiger partial charge in [-0.1, -0.05) is 18.2 Å². The van der Waals surface area contributed by atoms with Crippen LogP contribution in [0.4, 0.5) is 32.0 Å². The molecule has 0 aliphatic carbocycles. The summed E-state index contributed by atoms with van der Waals surface area (Å²) >= 11 is 0. The lowest BCUT2D eigenvalue weighted by Gasteiger charge is -2.29. The normalized spacial score (nSPS) is 18.7. The molecule has 1 aliphatic heterocycles. The molecule has 1 N–H and O–H groups in total. The van der Waals surface area contributed by atoms with Gasteiger partial charge in [-0.25, -0.2) is 4.98 Å². The third-order valence-corrected chi connectivity index (χ3v) is 6.47. The minimum atomic E-state index is -4.63. The van der Waals surface area contributed by atoms with Crippen LogP contribution < -0.4 is 15.0 Å². The fraction of sp³-hybridized carbons (Fsp3) is 0.333. The van der Waals surface area contributed by atoms with E-state index in [1.165, 1.54) is 36.3 Å². The van der Waals surface area contributed by atoms with E-state index in [1.54, 1.807) is 38.1 Å². The van der Waals surface area contributed by atoms with Crippen molar-refractivity contribution >= 4 is 11.6 Å². The Morgan fingerprint density at radius 2 is 1.53 bits per heavy atom. The molecule has 5 nitrogen and oxygen atoms in total. The highest BCUT2D eigenvalue weighted by Crippen LogP contribution is 2.40. The van der Waals surface area contributed by atoms with Crippen LogP contribution in [0.5, 0.6) is 5.75 Å². The molecule has 2 aromatic carbocycles. The second kappa shape index (κ2) is 9.94. The number of nitrogens with one attached hydrogen (secondary N) is 1. The number of benzene rings is 2. The number of hydrogen-bond donors (Lipinski definition) is 1. The van der Waals surface area contributed by atoms with Crippen molar-refractivity contribution in [3.05, 3.63) is 89.2 Å².